The van der Waals surface area contributed by atoms with Gasteiger partial charge in [-0.15, -0.1) is 16.8 Å². The summed E-state index contributed by atoms with van der Waals surface area (Å²) in [5.74, 6) is 1.38. The molecule has 0 unspecified atom stereocenters. The molecule has 1 amide bonds. The van der Waals surface area contributed by atoms with E-state index in [1.807, 2.05) is 60.0 Å². The first-order valence-corrected chi connectivity index (χ1v) is 11.3. The van der Waals surface area contributed by atoms with E-state index in [-0.39, 0.29) is 11.7 Å². The molecule has 0 aliphatic heterocycles. The van der Waals surface area contributed by atoms with Crippen molar-refractivity contribution in [2.75, 3.05) is 11.1 Å². The van der Waals surface area contributed by atoms with Gasteiger partial charge in [-0.1, -0.05) is 36.0 Å². The molecule has 4 aromatic rings. The topological polar surface area (TPSA) is 73.0 Å². The van der Waals surface area contributed by atoms with Gasteiger partial charge >= 0.3 is 0 Å². The number of para-hydroxylation sites is 1. The van der Waals surface area contributed by atoms with Crippen LogP contribution in [0.25, 0.3) is 22.6 Å². The maximum absolute atomic E-state index is 12.5. The molecule has 152 valence electrons. The molecule has 2 aromatic heterocycles. The summed E-state index contributed by atoms with van der Waals surface area (Å²) in [4.78, 5) is 12.5. The third kappa shape index (κ3) is 4.44. The number of nitrogens with zero attached hydrogens (tertiary/aromatic N) is 3. The highest BCUT2D eigenvalue weighted by molar-refractivity contribution is 14.1. The molecular formula is C22H19IN4O2S. The minimum absolute atomic E-state index is 0.0947. The third-order valence-corrected chi connectivity index (χ3v) is 6.11. The van der Waals surface area contributed by atoms with Gasteiger partial charge in [0.25, 0.3) is 0 Å². The Morgan fingerprint density at radius 3 is 2.87 bits per heavy atom. The Hall–Kier alpha value is -2.59. The largest absolute Gasteiger partial charge is 0.453 e. The van der Waals surface area contributed by atoms with Crippen molar-refractivity contribution in [1.82, 2.24) is 14.8 Å². The van der Waals surface area contributed by atoms with Crippen LogP contribution in [0.1, 0.15) is 5.56 Å². The zero-order chi connectivity index (χ0) is 21.1. The number of amides is 1. The second kappa shape index (κ2) is 9.05. The molecule has 0 aliphatic carbocycles. The average Bonchev–Trinajstić information content (AvgIpc) is 3.32. The SMILES string of the molecule is C=CCn1c(SCC(=O)Nc2ccc(I)cc2C)nnc1-c1cc2ccccc2o1. The fraction of sp³-hybridized carbons (Fsp3) is 0.136. The van der Waals surface area contributed by atoms with Gasteiger partial charge in [0.2, 0.25) is 11.7 Å². The first-order valence-electron chi connectivity index (χ1n) is 9.27. The molecule has 30 heavy (non-hydrogen) atoms. The number of nitrogens with one attached hydrogen (secondary N) is 1. The number of fused-ring (bicyclic) bond motifs is 1. The number of hydrogen-bond acceptors (Lipinski definition) is 5. The molecule has 0 fully saturated rings. The van der Waals surface area contributed by atoms with E-state index in [0.29, 0.717) is 23.3 Å². The first kappa shape index (κ1) is 20.7. The molecule has 2 aromatic carbocycles. The molecule has 4 rings (SSSR count). The highest BCUT2D eigenvalue weighted by atomic mass is 127. The lowest BCUT2D eigenvalue weighted by molar-refractivity contribution is -0.113. The summed E-state index contributed by atoms with van der Waals surface area (Å²) in [6, 6.07) is 15.7. The minimum atomic E-state index is -0.0947. The van der Waals surface area contributed by atoms with Crippen molar-refractivity contribution < 1.29 is 9.21 Å². The molecule has 0 atom stereocenters. The van der Waals surface area contributed by atoms with E-state index >= 15 is 0 Å². The number of allylic oxidation sites excluding steroid dienone is 1. The Kier molecular flexibility index (Phi) is 6.24. The lowest BCUT2D eigenvalue weighted by Crippen LogP contribution is -2.15. The Morgan fingerprint density at radius 2 is 2.10 bits per heavy atom. The highest BCUT2D eigenvalue weighted by Crippen LogP contribution is 2.29. The lowest BCUT2D eigenvalue weighted by Gasteiger charge is -2.09. The van der Waals surface area contributed by atoms with Crippen LogP contribution in [0.2, 0.25) is 0 Å². The Morgan fingerprint density at radius 1 is 1.27 bits per heavy atom. The van der Waals surface area contributed by atoms with Crippen molar-refractivity contribution in [2.24, 2.45) is 0 Å². The van der Waals surface area contributed by atoms with Gasteiger partial charge in [-0.3, -0.25) is 9.36 Å². The van der Waals surface area contributed by atoms with Crippen LogP contribution in [0.5, 0.6) is 0 Å². The second-order valence-electron chi connectivity index (χ2n) is 6.65. The van der Waals surface area contributed by atoms with Gasteiger partial charge < -0.3 is 9.73 Å². The average molecular weight is 530 g/mol. The van der Waals surface area contributed by atoms with Crippen LogP contribution in [0.4, 0.5) is 5.69 Å². The molecule has 1 N–H and O–H groups in total. The zero-order valence-electron chi connectivity index (χ0n) is 16.3. The van der Waals surface area contributed by atoms with E-state index in [4.69, 9.17) is 4.42 Å². The quantitative estimate of drug-likeness (QED) is 0.194. The predicted molar refractivity (Wildman–Crippen MR) is 129 cm³/mol. The monoisotopic (exact) mass is 530 g/mol. The smallest absolute Gasteiger partial charge is 0.234 e. The van der Waals surface area contributed by atoms with Crippen LogP contribution >= 0.6 is 34.4 Å². The van der Waals surface area contributed by atoms with E-state index in [0.717, 1.165) is 25.8 Å². The fourth-order valence-electron chi connectivity index (χ4n) is 3.05. The van der Waals surface area contributed by atoms with E-state index in [1.54, 1.807) is 6.08 Å². The molecule has 0 saturated carbocycles. The van der Waals surface area contributed by atoms with Crippen LogP contribution in [0, 0.1) is 10.5 Å². The summed E-state index contributed by atoms with van der Waals surface area (Å²) in [5, 5.41) is 13.2. The number of hydrogen-bond donors (Lipinski definition) is 1. The van der Waals surface area contributed by atoms with Gasteiger partial charge in [-0.2, -0.15) is 0 Å². The number of aryl methyl sites for hydroxylation is 1. The van der Waals surface area contributed by atoms with Crippen LogP contribution in [-0.2, 0) is 11.3 Å². The second-order valence-corrected chi connectivity index (χ2v) is 8.84. The van der Waals surface area contributed by atoms with Gasteiger partial charge in [0.05, 0.1) is 5.75 Å². The number of furan rings is 1. The molecular weight excluding hydrogens is 511 g/mol. The molecule has 2 heterocycles. The van der Waals surface area contributed by atoms with Crippen molar-refractivity contribution in [1.29, 1.82) is 0 Å². The first-order chi connectivity index (χ1) is 14.5. The standard InChI is InChI=1S/C22H19IN4O2S/c1-3-10-27-21(19-12-15-6-4-5-7-18(15)29-19)25-26-22(27)30-13-20(28)24-17-9-8-16(23)11-14(17)2/h3-9,11-12H,1,10,13H2,2H3,(H,24,28). The van der Waals surface area contributed by atoms with Crippen molar-refractivity contribution >= 4 is 56.9 Å². The number of benzene rings is 2. The number of anilines is 1. The van der Waals surface area contributed by atoms with E-state index < -0.39 is 0 Å². The van der Waals surface area contributed by atoms with Crippen molar-refractivity contribution in [3.05, 3.63) is 70.3 Å². The summed E-state index contributed by atoms with van der Waals surface area (Å²) in [5.41, 5.74) is 2.64. The van der Waals surface area contributed by atoms with Crippen LogP contribution in [-0.4, -0.2) is 26.4 Å². The molecule has 0 saturated heterocycles. The van der Waals surface area contributed by atoms with Gasteiger partial charge in [0, 0.05) is 21.2 Å². The zero-order valence-corrected chi connectivity index (χ0v) is 19.2. The van der Waals surface area contributed by atoms with E-state index in [1.165, 1.54) is 11.8 Å². The lowest BCUT2D eigenvalue weighted by atomic mass is 10.2. The Balaban J connectivity index is 1.51. The highest BCUT2D eigenvalue weighted by Gasteiger charge is 2.18. The predicted octanol–water partition coefficient (Wildman–Crippen LogP) is 5.52. The fourth-order valence-corrected chi connectivity index (χ4v) is 4.44. The summed E-state index contributed by atoms with van der Waals surface area (Å²) in [6.45, 7) is 6.32. The summed E-state index contributed by atoms with van der Waals surface area (Å²) < 4.78 is 8.97. The number of halogens is 1. The Labute approximate surface area is 191 Å². The van der Waals surface area contributed by atoms with Crippen LogP contribution in [0.15, 0.2) is 70.8 Å². The third-order valence-electron chi connectivity index (χ3n) is 4.47. The number of carbonyl (C=O) groups is 1. The number of carbonyl (C=O) groups excluding carboxylic acids is 1. The van der Waals surface area contributed by atoms with Crippen molar-refractivity contribution in [3.63, 3.8) is 0 Å². The molecule has 0 radical (unpaired) electrons. The summed E-state index contributed by atoms with van der Waals surface area (Å²) in [7, 11) is 0. The molecule has 8 heteroatoms. The van der Waals surface area contributed by atoms with Gasteiger partial charge in [-0.25, -0.2) is 0 Å². The van der Waals surface area contributed by atoms with E-state index in [2.05, 4.69) is 44.7 Å². The molecule has 6 nitrogen and oxygen atoms in total. The number of aromatic nitrogens is 3. The van der Waals surface area contributed by atoms with E-state index in [9.17, 15) is 4.79 Å². The minimum Gasteiger partial charge on any atom is -0.453 e. The Bertz CT molecular complexity index is 1200. The van der Waals surface area contributed by atoms with Crippen LogP contribution < -0.4 is 5.32 Å². The number of thioether (sulfide) groups is 1. The van der Waals surface area contributed by atoms with Gasteiger partial charge in [-0.05, 0) is 65.4 Å². The number of rotatable bonds is 7. The van der Waals surface area contributed by atoms with Crippen molar-refractivity contribution in [3.8, 4) is 11.6 Å². The maximum atomic E-state index is 12.5. The summed E-state index contributed by atoms with van der Waals surface area (Å²) >= 11 is 3.58. The summed E-state index contributed by atoms with van der Waals surface area (Å²) in [6.07, 6.45) is 1.77. The molecule has 0 spiro atoms. The van der Waals surface area contributed by atoms with Crippen molar-refractivity contribution in [2.45, 2.75) is 18.6 Å². The maximum Gasteiger partial charge on any atom is 0.234 e. The van der Waals surface area contributed by atoms with Gasteiger partial charge in [0.15, 0.2) is 10.9 Å². The normalized spacial score (nSPS) is 11.0. The molecule has 0 aliphatic rings. The molecule has 0 bridgehead atoms. The van der Waals surface area contributed by atoms with Crippen LogP contribution in [0.3, 0.4) is 0 Å². The van der Waals surface area contributed by atoms with Gasteiger partial charge in [0.1, 0.15) is 5.58 Å².